The van der Waals surface area contributed by atoms with Crippen LogP contribution in [-0.2, 0) is 19.6 Å². The lowest BCUT2D eigenvalue weighted by atomic mass is 9.93. The number of piperazine rings is 1. The van der Waals surface area contributed by atoms with Gasteiger partial charge in [0.05, 0.1) is 11.3 Å². The van der Waals surface area contributed by atoms with Crippen LogP contribution in [0.4, 0.5) is 5.69 Å². The minimum atomic E-state index is -3.96. The van der Waals surface area contributed by atoms with Crippen molar-refractivity contribution in [2.45, 2.75) is 36.6 Å². The molecule has 2 fully saturated rings. The number of nitrogens with one attached hydrogen (secondary N) is 2. The third-order valence-electron chi connectivity index (χ3n) is 7.51. The summed E-state index contributed by atoms with van der Waals surface area (Å²) in [5, 5.41) is 7.36. The van der Waals surface area contributed by atoms with Gasteiger partial charge in [-0.3, -0.25) is 14.6 Å². The molecule has 10 heteroatoms. The molecule has 3 heterocycles. The highest BCUT2D eigenvalue weighted by Crippen LogP contribution is 2.26. The van der Waals surface area contributed by atoms with Crippen molar-refractivity contribution in [1.29, 1.82) is 0 Å². The highest BCUT2D eigenvalue weighted by Gasteiger charge is 2.39. The zero-order valence-corrected chi connectivity index (χ0v) is 22.1. The van der Waals surface area contributed by atoms with Gasteiger partial charge < -0.3 is 15.5 Å². The highest BCUT2D eigenvalue weighted by atomic mass is 32.2. The van der Waals surface area contributed by atoms with E-state index in [4.69, 9.17) is 0 Å². The first kappa shape index (κ1) is 26.1. The second-order valence-corrected chi connectivity index (χ2v) is 11.8. The van der Waals surface area contributed by atoms with E-state index in [2.05, 4.69) is 20.5 Å². The van der Waals surface area contributed by atoms with Gasteiger partial charge in [0.1, 0.15) is 6.04 Å². The van der Waals surface area contributed by atoms with Gasteiger partial charge in [-0.25, -0.2) is 8.42 Å². The van der Waals surface area contributed by atoms with Crippen molar-refractivity contribution in [3.05, 3.63) is 67.0 Å². The quantitative estimate of drug-likeness (QED) is 0.459. The molecule has 5 rings (SSSR count). The van der Waals surface area contributed by atoms with Crippen LogP contribution in [0.5, 0.6) is 0 Å². The van der Waals surface area contributed by atoms with Crippen molar-refractivity contribution in [2.75, 3.05) is 37.6 Å². The van der Waals surface area contributed by atoms with E-state index in [1.807, 2.05) is 36.4 Å². The van der Waals surface area contributed by atoms with Crippen molar-refractivity contribution >= 4 is 38.3 Å². The standard InChI is InChI=1S/C28H33N5O4S/c34-27(30-14-7-21-10-16-32(17-11-21)24-8-12-29-13-9-24)20-26-28(35)31-15-18-33(26)38(36,37)25-6-5-22-3-1-2-4-23(22)19-25/h1-6,8-9,12-13,19,21,26H,7,10-11,14-18,20H2,(H,30,34)(H,31,35). The predicted molar refractivity (Wildman–Crippen MR) is 146 cm³/mol. The van der Waals surface area contributed by atoms with Gasteiger partial charge in [-0.05, 0) is 60.2 Å². The first-order valence-corrected chi connectivity index (χ1v) is 14.6. The molecular formula is C28H33N5O4S. The zero-order chi connectivity index (χ0) is 26.5. The minimum Gasteiger partial charge on any atom is -0.371 e. The number of carbonyl (C=O) groups is 2. The summed E-state index contributed by atoms with van der Waals surface area (Å²) in [6.07, 6.45) is 6.34. The number of pyridine rings is 1. The fraction of sp³-hybridized carbons (Fsp3) is 0.393. The average Bonchev–Trinajstić information content (AvgIpc) is 2.94. The largest absolute Gasteiger partial charge is 0.371 e. The van der Waals surface area contributed by atoms with Crippen LogP contribution < -0.4 is 15.5 Å². The molecule has 2 aromatic carbocycles. The summed E-state index contributed by atoms with van der Waals surface area (Å²) in [6.45, 7) is 2.76. The number of sulfonamides is 1. The van der Waals surface area contributed by atoms with E-state index in [1.54, 1.807) is 30.6 Å². The van der Waals surface area contributed by atoms with Crippen LogP contribution in [-0.4, -0.2) is 68.3 Å². The number of hydrogen-bond donors (Lipinski definition) is 2. The Morgan fingerprint density at radius 2 is 1.74 bits per heavy atom. The van der Waals surface area contributed by atoms with Gasteiger partial charge in [-0.2, -0.15) is 4.31 Å². The Morgan fingerprint density at radius 1 is 1.00 bits per heavy atom. The molecule has 9 nitrogen and oxygen atoms in total. The molecule has 38 heavy (non-hydrogen) atoms. The number of aromatic nitrogens is 1. The summed E-state index contributed by atoms with van der Waals surface area (Å²) >= 11 is 0. The van der Waals surface area contributed by atoms with Crippen LogP contribution in [0.15, 0.2) is 71.9 Å². The average molecular weight is 536 g/mol. The molecule has 2 N–H and O–H groups in total. The topological polar surface area (TPSA) is 112 Å². The van der Waals surface area contributed by atoms with Crippen LogP contribution in [0.1, 0.15) is 25.7 Å². The van der Waals surface area contributed by atoms with Crippen LogP contribution in [0.2, 0.25) is 0 Å². The Labute approximate surface area is 223 Å². The number of hydrogen-bond acceptors (Lipinski definition) is 6. The molecule has 0 bridgehead atoms. The Bertz CT molecular complexity index is 1390. The normalized spacial score (nSPS) is 19.3. The number of amides is 2. The molecule has 200 valence electrons. The molecule has 0 radical (unpaired) electrons. The van der Waals surface area contributed by atoms with Gasteiger partial charge >= 0.3 is 0 Å². The number of rotatable bonds is 8. The van der Waals surface area contributed by atoms with Gasteiger partial charge in [0.25, 0.3) is 0 Å². The van der Waals surface area contributed by atoms with Crippen LogP contribution in [0, 0.1) is 5.92 Å². The molecule has 0 aliphatic carbocycles. The first-order chi connectivity index (χ1) is 18.4. The van der Waals surface area contributed by atoms with Crippen LogP contribution in [0.25, 0.3) is 10.8 Å². The lowest BCUT2D eigenvalue weighted by Gasteiger charge is -2.34. The van der Waals surface area contributed by atoms with E-state index >= 15 is 0 Å². The molecular weight excluding hydrogens is 502 g/mol. The minimum absolute atomic E-state index is 0.120. The Balaban J connectivity index is 1.16. The van der Waals surface area contributed by atoms with E-state index in [1.165, 1.54) is 9.99 Å². The number of carbonyl (C=O) groups excluding carboxylic acids is 2. The van der Waals surface area contributed by atoms with Crippen molar-refractivity contribution in [3.8, 4) is 0 Å². The van der Waals surface area contributed by atoms with Gasteiger partial charge in [-0.15, -0.1) is 0 Å². The molecule has 3 aromatic rings. The number of anilines is 1. The van der Waals surface area contributed by atoms with E-state index < -0.39 is 22.0 Å². The molecule has 2 aliphatic rings. The van der Waals surface area contributed by atoms with Crippen molar-refractivity contribution < 1.29 is 18.0 Å². The maximum absolute atomic E-state index is 13.5. The lowest BCUT2D eigenvalue weighted by molar-refractivity contribution is -0.131. The first-order valence-electron chi connectivity index (χ1n) is 13.1. The Hall–Kier alpha value is -3.50. The molecule has 1 atom stereocenters. The van der Waals surface area contributed by atoms with Gasteiger partial charge in [0.15, 0.2) is 0 Å². The van der Waals surface area contributed by atoms with E-state index in [9.17, 15) is 18.0 Å². The smallest absolute Gasteiger partial charge is 0.243 e. The monoisotopic (exact) mass is 535 g/mol. The fourth-order valence-electron chi connectivity index (χ4n) is 5.34. The fourth-order valence-corrected chi connectivity index (χ4v) is 6.96. The number of piperidine rings is 1. The number of fused-ring (bicyclic) bond motifs is 1. The zero-order valence-electron chi connectivity index (χ0n) is 21.3. The molecule has 2 saturated heterocycles. The lowest BCUT2D eigenvalue weighted by Crippen LogP contribution is -2.58. The summed E-state index contributed by atoms with van der Waals surface area (Å²) in [7, 11) is -3.96. The SMILES string of the molecule is O=C(CC1C(=O)NCCN1S(=O)(=O)c1ccc2ccccc2c1)NCCC1CCN(c2ccncc2)CC1. The molecule has 2 amide bonds. The maximum atomic E-state index is 13.5. The van der Waals surface area contributed by atoms with E-state index in [0.29, 0.717) is 12.5 Å². The summed E-state index contributed by atoms with van der Waals surface area (Å²) in [4.78, 5) is 32.0. The summed E-state index contributed by atoms with van der Waals surface area (Å²) in [6, 6.07) is 15.4. The number of benzene rings is 2. The van der Waals surface area contributed by atoms with Crippen molar-refractivity contribution in [3.63, 3.8) is 0 Å². The second kappa shape index (κ2) is 11.5. The van der Waals surface area contributed by atoms with Crippen LogP contribution >= 0.6 is 0 Å². The van der Waals surface area contributed by atoms with Crippen molar-refractivity contribution in [1.82, 2.24) is 19.9 Å². The van der Waals surface area contributed by atoms with Gasteiger partial charge in [0, 0.05) is 50.8 Å². The summed E-state index contributed by atoms with van der Waals surface area (Å²) < 4.78 is 28.2. The summed E-state index contributed by atoms with van der Waals surface area (Å²) in [5.74, 6) is -0.254. The molecule has 1 aromatic heterocycles. The number of nitrogens with zero attached hydrogens (tertiary/aromatic N) is 3. The van der Waals surface area contributed by atoms with Gasteiger partial charge in [-0.1, -0.05) is 30.3 Å². The molecule has 2 aliphatic heterocycles. The summed E-state index contributed by atoms with van der Waals surface area (Å²) in [5.41, 5.74) is 1.18. The molecule has 1 unspecified atom stereocenters. The van der Waals surface area contributed by atoms with Crippen LogP contribution in [0.3, 0.4) is 0 Å². The predicted octanol–water partition coefficient (Wildman–Crippen LogP) is 2.54. The Morgan fingerprint density at radius 3 is 2.50 bits per heavy atom. The van der Waals surface area contributed by atoms with E-state index in [-0.39, 0.29) is 30.3 Å². The highest BCUT2D eigenvalue weighted by molar-refractivity contribution is 7.89. The second-order valence-electron chi connectivity index (χ2n) is 9.91. The third-order valence-corrected chi connectivity index (χ3v) is 9.41. The maximum Gasteiger partial charge on any atom is 0.243 e. The van der Waals surface area contributed by atoms with E-state index in [0.717, 1.165) is 43.1 Å². The van der Waals surface area contributed by atoms with Crippen molar-refractivity contribution in [2.24, 2.45) is 5.92 Å². The molecule has 0 spiro atoms. The third kappa shape index (κ3) is 5.81. The van der Waals surface area contributed by atoms with Gasteiger partial charge in [0.2, 0.25) is 21.8 Å². The Kier molecular flexibility index (Phi) is 7.90. The molecule has 0 saturated carbocycles.